The average molecular weight is 1420 g/mol. The van der Waals surface area contributed by atoms with Crippen molar-refractivity contribution in [3.8, 4) is 0 Å². The van der Waals surface area contributed by atoms with Gasteiger partial charge < -0.3 is 90.4 Å². The summed E-state index contributed by atoms with van der Waals surface area (Å²) in [5.74, 6) is 1.44. The van der Waals surface area contributed by atoms with Gasteiger partial charge in [-0.25, -0.2) is 43.2 Å². The van der Waals surface area contributed by atoms with Crippen molar-refractivity contribution in [3.05, 3.63) is 123 Å². The van der Waals surface area contributed by atoms with E-state index in [0.29, 0.717) is 49.4 Å². The molecule has 12 heterocycles. The Balaban J connectivity index is 0.000000176. The minimum Gasteiger partial charge on any atom is -0.700 e. The van der Waals surface area contributed by atoms with Gasteiger partial charge in [-0.1, -0.05) is 216 Å². The van der Waals surface area contributed by atoms with Gasteiger partial charge in [-0.15, -0.1) is 58.4 Å². The first kappa shape index (κ1) is 71.4. The molecular formula is C60H102N18Yb2-14. The summed E-state index contributed by atoms with van der Waals surface area (Å²) in [4.78, 5) is 4.08. The van der Waals surface area contributed by atoms with Crippen molar-refractivity contribution in [2.24, 2.45) is 0 Å². The van der Waals surface area contributed by atoms with Crippen LogP contribution in [0.2, 0.25) is 0 Å². The second kappa shape index (κ2) is 46.8. The number of nitrogens with zero attached hydrogens (tertiary/aromatic N) is 15. The summed E-state index contributed by atoms with van der Waals surface area (Å²) in [6.45, 7) is 11.3. The molecule has 11 aliphatic heterocycles. The molecule has 10 saturated heterocycles. The third-order valence-electron chi connectivity index (χ3n) is 15.7. The predicted octanol–water partition coefficient (Wildman–Crippen LogP) is 16.2. The Labute approximate surface area is 563 Å². The molecule has 1 aromatic heterocycles. The molecule has 0 radical (unpaired) electrons. The number of hydrogen-bond donors (Lipinski definition) is 3. The standard InChI is InChI=1S/3C10H19N3.2C10H18N3.C10H9N3.2Yb/c6*1-3-7-11-9(5-1)13-10-6-2-4-8-12-10;;/h3*9-11H,1-8H2;2*9-10H,1-8H2;1-7H,8H2;;/q3*-2;2*-3;-2;;. The van der Waals surface area contributed by atoms with E-state index in [0.717, 1.165) is 97.0 Å². The zero-order valence-electron chi connectivity index (χ0n) is 48.5. The maximum atomic E-state index is 4.72. The quantitative estimate of drug-likeness (QED) is 0.185. The molecule has 0 aliphatic carbocycles. The first-order valence-corrected chi connectivity index (χ1v) is 31.7. The van der Waals surface area contributed by atoms with Gasteiger partial charge >= 0.3 is 0 Å². The molecule has 0 saturated carbocycles. The van der Waals surface area contributed by atoms with Gasteiger partial charge in [0.05, 0.1) is 0 Å². The molecule has 20 heteroatoms. The summed E-state index contributed by atoms with van der Waals surface area (Å²) in [5, 5.41) is 73.8. The molecule has 0 amide bonds. The van der Waals surface area contributed by atoms with E-state index in [1.807, 2.05) is 36.4 Å². The van der Waals surface area contributed by atoms with Crippen LogP contribution in [-0.4, -0.2) is 139 Å². The minimum atomic E-state index is 0. The third-order valence-corrected chi connectivity index (χ3v) is 15.7. The molecule has 0 spiro atoms. The summed E-state index contributed by atoms with van der Waals surface area (Å²) < 4.78 is 0. The van der Waals surface area contributed by atoms with E-state index < -0.39 is 0 Å². The van der Waals surface area contributed by atoms with Crippen molar-refractivity contribution in [2.75, 3.05) is 72.0 Å². The zero-order valence-corrected chi connectivity index (χ0v) is 52.0. The number of allylic oxidation sites excluding steroid dienone is 2. The van der Waals surface area contributed by atoms with E-state index in [-0.39, 0.29) is 119 Å². The number of nitrogens with one attached hydrogen (secondary N) is 3. The fourth-order valence-corrected chi connectivity index (χ4v) is 11.2. The fourth-order valence-electron chi connectivity index (χ4n) is 11.2. The Morgan fingerprint density at radius 1 is 0.375 bits per heavy atom. The van der Waals surface area contributed by atoms with Gasteiger partial charge in [0.1, 0.15) is 0 Å². The van der Waals surface area contributed by atoms with E-state index in [2.05, 4.69) is 79.4 Å². The van der Waals surface area contributed by atoms with Gasteiger partial charge in [0.25, 0.3) is 0 Å². The number of piperidine rings is 10. The number of pyridine rings is 1. The van der Waals surface area contributed by atoms with E-state index >= 15 is 0 Å². The largest absolute Gasteiger partial charge is 0.700 e. The molecule has 10 atom stereocenters. The van der Waals surface area contributed by atoms with Gasteiger partial charge in [0.2, 0.25) is 0 Å². The van der Waals surface area contributed by atoms with Crippen LogP contribution in [0.3, 0.4) is 0 Å². The summed E-state index contributed by atoms with van der Waals surface area (Å²) in [7, 11) is 0. The van der Waals surface area contributed by atoms with Crippen molar-refractivity contribution in [3.63, 3.8) is 0 Å². The van der Waals surface area contributed by atoms with Crippen LogP contribution in [0.1, 0.15) is 193 Å². The Morgan fingerprint density at radius 3 is 0.950 bits per heavy atom. The van der Waals surface area contributed by atoms with Crippen molar-refractivity contribution in [1.82, 2.24) is 20.9 Å². The Morgan fingerprint density at radius 2 is 0.700 bits per heavy atom. The van der Waals surface area contributed by atoms with Crippen molar-refractivity contribution < 1.29 is 93.8 Å². The molecule has 11 aliphatic rings. The molecule has 1 aromatic rings. The van der Waals surface area contributed by atoms with E-state index in [4.69, 9.17) is 16.0 Å². The maximum absolute atomic E-state index is 4.72. The maximum Gasteiger partial charge on any atom is 0.0252 e. The molecule has 18 nitrogen and oxygen atoms in total. The molecular weight excluding hydrogens is 1320 g/mol. The molecule has 3 N–H and O–H groups in total. The van der Waals surface area contributed by atoms with Gasteiger partial charge in [0, 0.05) is 100 Å². The summed E-state index contributed by atoms with van der Waals surface area (Å²) in [5.41, 5.74) is 0. The van der Waals surface area contributed by atoms with Crippen LogP contribution in [0, 0.1) is 93.8 Å². The number of hydrogen-bond acceptors (Lipinski definition) is 4. The molecule has 0 aromatic carbocycles. The van der Waals surface area contributed by atoms with Crippen LogP contribution in [0.4, 0.5) is 5.82 Å². The van der Waals surface area contributed by atoms with Crippen LogP contribution in [0.5, 0.6) is 0 Å². The first-order chi connectivity index (χ1) is 38.7. The molecule has 10 unspecified atom stereocenters. The van der Waals surface area contributed by atoms with Crippen molar-refractivity contribution in [1.29, 1.82) is 0 Å². The summed E-state index contributed by atoms with van der Waals surface area (Å²) >= 11 is 0. The van der Waals surface area contributed by atoms with Crippen molar-refractivity contribution in [2.45, 2.75) is 254 Å². The van der Waals surface area contributed by atoms with E-state index in [1.165, 1.54) is 167 Å². The molecule has 0 bridgehead atoms. The van der Waals surface area contributed by atoms with Crippen LogP contribution in [0.25, 0.3) is 74.4 Å². The number of rotatable bonds is 12. The van der Waals surface area contributed by atoms with Gasteiger partial charge in [0.15, 0.2) is 0 Å². The topological polar surface area (TPSA) is 246 Å². The van der Waals surface area contributed by atoms with Gasteiger partial charge in [-0.05, 0) is 50.8 Å². The van der Waals surface area contributed by atoms with E-state index in [9.17, 15) is 0 Å². The van der Waals surface area contributed by atoms with Gasteiger partial charge in [-0.3, -0.25) is 10.8 Å². The fraction of sp³-hybridized carbons (Fsp3) is 0.850. The van der Waals surface area contributed by atoms with Crippen LogP contribution in [0.15, 0.2) is 48.4 Å². The average Bonchev–Trinajstić information content (AvgIpc) is 3.51. The minimum absolute atomic E-state index is 0. The second-order valence-electron chi connectivity index (χ2n) is 22.4. The normalized spacial score (nSPS) is 31.6. The molecule has 474 valence electrons. The summed E-state index contributed by atoms with van der Waals surface area (Å²) in [6, 6.07) is 5.63. The first-order valence-electron chi connectivity index (χ1n) is 31.7. The molecule has 12 rings (SSSR count). The van der Waals surface area contributed by atoms with Crippen LogP contribution in [-0.2, 0) is 0 Å². The second-order valence-corrected chi connectivity index (χ2v) is 22.4. The predicted molar refractivity (Wildman–Crippen MR) is 327 cm³/mol. The smallest absolute Gasteiger partial charge is 0.0252 e. The Kier molecular flexibility index (Phi) is 41.8. The van der Waals surface area contributed by atoms with Gasteiger partial charge in [-0.2, -0.15) is 0 Å². The molecule has 10 fully saturated rings. The SMILES string of the molecule is C1=CC[N-]C([N-]c2ccccn2)=C1.C1CCC([N-]C2CCCCN2)[N-]C1.C1CCC([N-]C2CCCCN2)[N-]C1.C1CCC([N-]C2CCCCN2)[N-]C1.C1CCC([N-]C2CCCC[N-]2)[N-]C1.C1CCC([N-]C2CCCC[N-]2)[N-]C1.[Yb].[Yb]. The van der Waals surface area contributed by atoms with Crippen molar-refractivity contribution >= 4 is 5.82 Å². The van der Waals surface area contributed by atoms with Crippen LogP contribution >= 0.6 is 0 Å². The van der Waals surface area contributed by atoms with Crippen LogP contribution < -0.4 is 16.0 Å². The molecule has 80 heavy (non-hydrogen) atoms. The number of aromatic nitrogens is 1. The Hall–Kier alpha value is 0.669. The van der Waals surface area contributed by atoms with E-state index in [1.54, 1.807) is 6.20 Å². The monoisotopic (exact) mass is 1420 g/mol. The Bertz CT molecular complexity index is 1350. The zero-order chi connectivity index (χ0) is 53.6. The third kappa shape index (κ3) is 32.6. The summed E-state index contributed by atoms with van der Waals surface area (Å²) in [6.07, 6.45) is 48.5.